The molecule has 2 aromatic heterocycles. The first-order valence-electron chi connectivity index (χ1n) is 13.1. The van der Waals surface area contributed by atoms with Crippen LogP contribution < -0.4 is 15.9 Å². The van der Waals surface area contributed by atoms with E-state index in [4.69, 9.17) is 16.8 Å². The molecule has 0 aliphatic rings. The highest BCUT2D eigenvalue weighted by Gasteiger charge is 2.30. The van der Waals surface area contributed by atoms with E-state index < -0.39 is 6.04 Å². The van der Waals surface area contributed by atoms with Crippen molar-refractivity contribution in [3.63, 3.8) is 0 Å². The summed E-state index contributed by atoms with van der Waals surface area (Å²) in [5.41, 5.74) is 4.22. The van der Waals surface area contributed by atoms with Crippen molar-refractivity contribution < 1.29 is 0 Å². The maximum atomic E-state index is 6.93. The van der Waals surface area contributed by atoms with Gasteiger partial charge in [-0.2, -0.15) is 0 Å². The van der Waals surface area contributed by atoms with Gasteiger partial charge < -0.3 is 0 Å². The Morgan fingerprint density at radius 3 is 1.82 bits per heavy atom. The molecule has 8 rings (SSSR count). The first kappa shape index (κ1) is 22.7. The molecule has 8 aromatic rings. The Hall–Kier alpha value is -4.30. The number of fused-ring (bicyclic) bond motifs is 10. The largest absolute Gasteiger partial charge is 0.292 e. The van der Waals surface area contributed by atoms with Gasteiger partial charge in [0.05, 0.1) is 16.6 Å². The van der Waals surface area contributed by atoms with Gasteiger partial charge in [0.1, 0.15) is 5.65 Å². The van der Waals surface area contributed by atoms with Gasteiger partial charge in [-0.15, -0.1) is 0 Å². The Bertz CT molecular complexity index is 2210. The number of hydrogen-bond acceptors (Lipinski definition) is 2. The molecule has 0 radical (unpaired) electrons. The Balaban J connectivity index is 1.71. The highest BCUT2D eigenvalue weighted by atomic mass is 32.4. The van der Waals surface area contributed by atoms with E-state index in [9.17, 15) is 0 Å². The van der Waals surface area contributed by atoms with E-state index in [1.165, 1.54) is 37.5 Å². The Morgan fingerprint density at radius 1 is 0.538 bits per heavy atom. The maximum absolute atomic E-state index is 6.93. The van der Waals surface area contributed by atoms with Crippen LogP contribution in [0.15, 0.2) is 140 Å². The summed E-state index contributed by atoms with van der Waals surface area (Å²) in [6.07, 6.45) is 0. The minimum atomic E-state index is -2.47. The molecule has 0 N–H and O–H groups in total. The Kier molecular flexibility index (Phi) is 5.00. The van der Waals surface area contributed by atoms with E-state index >= 15 is 0 Å². The van der Waals surface area contributed by atoms with Crippen LogP contribution in [0.4, 0.5) is 0 Å². The fraction of sp³-hybridized carbons (Fsp3) is 0. The van der Waals surface area contributed by atoms with Crippen LogP contribution in [0.5, 0.6) is 0 Å². The zero-order chi connectivity index (χ0) is 26.0. The lowest BCUT2D eigenvalue weighted by Crippen LogP contribution is -2.25. The number of pyridine rings is 1. The molecule has 0 amide bonds. The van der Waals surface area contributed by atoms with Crippen LogP contribution >= 0.6 is 6.04 Å². The summed E-state index contributed by atoms with van der Waals surface area (Å²) in [6.45, 7) is 0. The molecule has 0 saturated heterocycles. The van der Waals surface area contributed by atoms with Gasteiger partial charge in [-0.25, -0.2) is 4.98 Å². The molecule has 6 aromatic carbocycles. The van der Waals surface area contributed by atoms with Gasteiger partial charge in [-0.1, -0.05) is 127 Å². The van der Waals surface area contributed by atoms with Gasteiger partial charge >= 0.3 is 0 Å². The van der Waals surface area contributed by atoms with Crippen LogP contribution in [0.2, 0.25) is 0 Å². The third kappa shape index (κ3) is 3.21. The molecule has 184 valence electrons. The van der Waals surface area contributed by atoms with Crippen LogP contribution in [-0.2, 0) is 11.8 Å². The monoisotopic (exact) mass is 534 g/mol. The van der Waals surface area contributed by atoms with E-state index in [1.807, 2.05) is 0 Å². The lowest BCUT2D eigenvalue weighted by Gasteiger charge is -2.27. The van der Waals surface area contributed by atoms with E-state index in [1.54, 1.807) is 0 Å². The maximum Gasteiger partial charge on any atom is 0.147 e. The summed E-state index contributed by atoms with van der Waals surface area (Å²) in [7, 11) is 0. The number of rotatable bonds is 3. The third-order valence-electron chi connectivity index (χ3n) is 7.81. The molecule has 39 heavy (non-hydrogen) atoms. The number of aromatic nitrogens is 2. The van der Waals surface area contributed by atoms with Crippen molar-refractivity contribution in [2.75, 3.05) is 0 Å². The molecule has 0 aliphatic carbocycles. The lowest BCUT2D eigenvalue weighted by atomic mass is 9.99. The average Bonchev–Trinajstić information content (AvgIpc) is 3.41. The van der Waals surface area contributed by atoms with E-state index in [2.05, 4.69) is 144 Å². The van der Waals surface area contributed by atoms with E-state index in [-0.39, 0.29) is 0 Å². The van der Waals surface area contributed by atoms with Crippen LogP contribution in [0.1, 0.15) is 0 Å². The molecule has 0 saturated carbocycles. The SMILES string of the molecule is S=P(c1ccccc1)(c1ccccc1)c1cc2ccccc2c2c3ccccc3n3c4ccccc4nc3c12. The minimum absolute atomic E-state index is 0.965. The van der Waals surface area contributed by atoms with E-state index in [0.717, 1.165) is 27.6 Å². The van der Waals surface area contributed by atoms with Gasteiger partial charge in [0, 0.05) is 27.5 Å². The van der Waals surface area contributed by atoms with Gasteiger partial charge in [0.25, 0.3) is 0 Å². The van der Waals surface area contributed by atoms with Crippen molar-refractivity contribution in [2.45, 2.75) is 0 Å². The summed E-state index contributed by atoms with van der Waals surface area (Å²) in [6, 6.07) is 47.1. The average molecular weight is 535 g/mol. The summed E-state index contributed by atoms with van der Waals surface area (Å²) >= 11 is 6.93. The van der Waals surface area contributed by atoms with Gasteiger partial charge in [0.2, 0.25) is 0 Å². The summed E-state index contributed by atoms with van der Waals surface area (Å²) in [4.78, 5) is 5.30. The molecule has 0 fully saturated rings. The summed E-state index contributed by atoms with van der Waals surface area (Å²) in [5.74, 6) is 0. The quantitative estimate of drug-likeness (QED) is 0.171. The third-order valence-corrected chi connectivity index (χ3v) is 12.7. The number of para-hydroxylation sites is 3. The minimum Gasteiger partial charge on any atom is -0.292 e. The predicted molar refractivity (Wildman–Crippen MR) is 171 cm³/mol. The van der Waals surface area contributed by atoms with Crippen molar-refractivity contribution in [2.24, 2.45) is 0 Å². The standard InChI is InChI=1S/C35H23N2PS/c39-38(25-14-3-1-4-15-25,26-16-5-2-6-17-26)32-23-24-13-7-8-18-27(24)33-28-19-9-11-21-30(28)37-31-22-12-10-20-29(31)36-35(37)34(32)33/h1-23H. The number of imidazole rings is 1. The normalized spacial score (nSPS) is 12.2. The van der Waals surface area contributed by atoms with Crippen LogP contribution in [-0.4, -0.2) is 9.38 Å². The molecule has 0 aliphatic heterocycles. The molecular weight excluding hydrogens is 511 g/mol. The van der Waals surface area contributed by atoms with Crippen molar-refractivity contribution in [1.82, 2.24) is 9.38 Å². The van der Waals surface area contributed by atoms with Crippen molar-refractivity contribution in [3.8, 4) is 0 Å². The van der Waals surface area contributed by atoms with E-state index in [0.29, 0.717) is 0 Å². The number of benzene rings is 6. The fourth-order valence-electron chi connectivity index (χ4n) is 6.11. The molecule has 0 atom stereocenters. The smallest absolute Gasteiger partial charge is 0.147 e. The molecule has 4 heteroatoms. The zero-order valence-electron chi connectivity index (χ0n) is 21.0. The molecular formula is C35H23N2PS. The second kappa shape index (κ2) is 8.61. The second-order valence-corrected chi connectivity index (χ2v) is 14.3. The Labute approximate surface area is 231 Å². The molecule has 0 spiro atoms. The zero-order valence-corrected chi connectivity index (χ0v) is 22.7. The first-order chi connectivity index (χ1) is 19.2. The van der Waals surface area contributed by atoms with Crippen molar-refractivity contribution >= 4 is 82.9 Å². The molecule has 0 unspecified atom stereocenters. The second-order valence-electron chi connectivity index (χ2n) is 9.92. The predicted octanol–water partition coefficient (Wildman–Crippen LogP) is 7.70. The highest BCUT2D eigenvalue weighted by Crippen LogP contribution is 2.48. The highest BCUT2D eigenvalue weighted by molar-refractivity contribution is 8.25. The molecule has 0 bridgehead atoms. The number of nitrogens with zero attached hydrogens (tertiary/aromatic N) is 2. The lowest BCUT2D eigenvalue weighted by molar-refractivity contribution is 1.32. The molecule has 2 nitrogen and oxygen atoms in total. The summed E-state index contributed by atoms with van der Waals surface area (Å²) in [5, 5.41) is 9.58. The topological polar surface area (TPSA) is 17.3 Å². The molecule has 2 heterocycles. The number of hydrogen-bond donors (Lipinski definition) is 0. The van der Waals surface area contributed by atoms with Gasteiger partial charge in [-0.3, -0.25) is 4.40 Å². The van der Waals surface area contributed by atoms with Crippen molar-refractivity contribution in [3.05, 3.63) is 140 Å². The Morgan fingerprint density at radius 2 is 1.10 bits per heavy atom. The first-order valence-corrected chi connectivity index (χ1v) is 15.9. The van der Waals surface area contributed by atoms with Crippen LogP contribution in [0, 0.1) is 0 Å². The van der Waals surface area contributed by atoms with Gasteiger partial charge in [-0.05, 0) is 45.6 Å². The summed E-state index contributed by atoms with van der Waals surface area (Å²) < 4.78 is 2.33. The van der Waals surface area contributed by atoms with Crippen molar-refractivity contribution in [1.29, 1.82) is 0 Å². The van der Waals surface area contributed by atoms with Crippen LogP contribution in [0.25, 0.3) is 49.1 Å². The fourth-order valence-corrected chi connectivity index (χ4v) is 10.2. The van der Waals surface area contributed by atoms with Crippen LogP contribution in [0.3, 0.4) is 0 Å². The van der Waals surface area contributed by atoms with Gasteiger partial charge in [0.15, 0.2) is 0 Å².